The summed E-state index contributed by atoms with van der Waals surface area (Å²) in [6.07, 6.45) is 0. The summed E-state index contributed by atoms with van der Waals surface area (Å²) in [6, 6.07) is 33.9. The average molecular weight is 375 g/mol. The molecule has 0 fully saturated rings. The van der Waals surface area contributed by atoms with Gasteiger partial charge in [-0.2, -0.15) is 0 Å². The van der Waals surface area contributed by atoms with Crippen LogP contribution in [0, 0.1) is 25.7 Å². The molecule has 0 heteroatoms. The molecule has 0 unspecified atom stereocenters. The summed E-state index contributed by atoms with van der Waals surface area (Å²) in [4.78, 5) is 0. The van der Waals surface area contributed by atoms with Crippen LogP contribution in [0.2, 0.25) is 0 Å². The van der Waals surface area contributed by atoms with Crippen molar-refractivity contribution in [2.75, 3.05) is 0 Å². The molecular formula is C29H26. The van der Waals surface area contributed by atoms with Crippen LogP contribution in [0.25, 0.3) is 22.3 Å². The van der Waals surface area contributed by atoms with Crippen molar-refractivity contribution in [3.05, 3.63) is 119 Å². The van der Waals surface area contributed by atoms with Crippen LogP contribution in [-0.2, 0) is 0 Å². The maximum atomic E-state index is 3.36. The number of hydrogen-bond acceptors (Lipinski definition) is 0. The molecular weight excluding hydrogens is 348 g/mol. The first kappa shape index (κ1) is 20.2. The molecule has 0 aliphatic rings. The zero-order valence-electron chi connectivity index (χ0n) is 16.2. The van der Waals surface area contributed by atoms with E-state index >= 15 is 0 Å². The summed E-state index contributed by atoms with van der Waals surface area (Å²) in [5, 5.41) is 0. The predicted octanol–water partition coefficient (Wildman–Crippen LogP) is 7.67. The van der Waals surface area contributed by atoms with E-state index in [-0.39, 0.29) is 7.43 Å². The SMILES string of the molecule is C.Cc1cc(-c2ccccc2)ccc1C#Cc1ccc(-c2ccccc2)cc1C. The maximum absolute atomic E-state index is 3.36. The molecule has 0 amide bonds. The predicted molar refractivity (Wildman–Crippen MR) is 126 cm³/mol. The van der Waals surface area contributed by atoms with Gasteiger partial charge < -0.3 is 0 Å². The summed E-state index contributed by atoms with van der Waals surface area (Å²) in [5.74, 6) is 6.72. The third kappa shape index (κ3) is 4.65. The van der Waals surface area contributed by atoms with Gasteiger partial charge in [-0.3, -0.25) is 0 Å². The van der Waals surface area contributed by atoms with Crippen molar-refractivity contribution in [3.63, 3.8) is 0 Å². The molecule has 29 heavy (non-hydrogen) atoms. The van der Waals surface area contributed by atoms with Crippen molar-refractivity contribution in [1.29, 1.82) is 0 Å². The summed E-state index contributed by atoms with van der Waals surface area (Å²) in [6.45, 7) is 4.25. The molecule has 0 saturated heterocycles. The molecule has 0 radical (unpaired) electrons. The molecule has 0 spiro atoms. The average Bonchev–Trinajstić information content (AvgIpc) is 2.75. The van der Waals surface area contributed by atoms with E-state index in [0.717, 1.165) is 11.1 Å². The van der Waals surface area contributed by atoms with Crippen LogP contribution in [0.1, 0.15) is 29.7 Å². The van der Waals surface area contributed by atoms with Crippen LogP contribution in [0.15, 0.2) is 97.1 Å². The molecule has 4 rings (SSSR count). The van der Waals surface area contributed by atoms with Gasteiger partial charge in [0.1, 0.15) is 0 Å². The summed E-state index contributed by atoms with van der Waals surface area (Å²) in [7, 11) is 0. The standard InChI is InChI=1S/C28H22.CH4/c1-21-19-27(25-9-5-3-6-10-25)17-15-23(21)13-14-24-16-18-28(20-22(24)2)26-11-7-4-8-12-26;/h3-12,15-20H,1-2H3;1H4. The van der Waals surface area contributed by atoms with Gasteiger partial charge in [-0.05, 0) is 59.4 Å². The molecule has 0 atom stereocenters. The summed E-state index contributed by atoms with van der Waals surface area (Å²) >= 11 is 0. The first-order valence-electron chi connectivity index (χ1n) is 9.55. The van der Waals surface area contributed by atoms with Crippen molar-refractivity contribution in [2.45, 2.75) is 21.3 Å². The molecule has 0 bridgehead atoms. The molecule has 0 heterocycles. The lowest BCUT2D eigenvalue weighted by molar-refractivity contribution is 1.42. The fourth-order valence-electron chi connectivity index (χ4n) is 3.36. The molecule has 4 aromatic carbocycles. The second kappa shape index (κ2) is 9.09. The minimum Gasteiger partial charge on any atom is -0.0776 e. The molecule has 4 aromatic rings. The smallest absolute Gasteiger partial charge is 0.0278 e. The van der Waals surface area contributed by atoms with Crippen LogP contribution in [0.3, 0.4) is 0 Å². The van der Waals surface area contributed by atoms with Gasteiger partial charge >= 0.3 is 0 Å². The van der Waals surface area contributed by atoms with Crippen LogP contribution in [0.5, 0.6) is 0 Å². The second-order valence-corrected chi connectivity index (χ2v) is 7.04. The maximum Gasteiger partial charge on any atom is 0.0278 e. The van der Waals surface area contributed by atoms with Gasteiger partial charge in [0.15, 0.2) is 0 Å². The van der Waals surface area contributed by atoms with Gasteiger partial charge in [0.2, 0.25) is 0 Å². The second-order valence-electron chi connectivity index (χ2n) is 7.04. The number of hydrogen-bond donors (Lipinski definition) is 0. The third-order valence-electron chi connectivity index (χ3n) is 5.00. The number of aryl methyl sites for hydroxylation is 2. The fraction of sp³-hybridized carbons (Fsp3) is 0.103. The van der Waals surface area contributed by atoms with E-state index in [1.54, 1.807) is 0 Å². The molecule has 142 valence electrons. The monoisotopic (exact) mass is 374 g/mol. The lowest BCUT2D eigenvalue weighted by Gasteiger charge is -2.06. The van der Waals surface area contributed by atoms with Gasteiger partial charge in [0, 0.05) is 11.1 Å². The number of benzene rings is 4. The Morgan fingerprint density at radius 1 is 0.448 bits per heavy atom. The van der Waals surface area contributed by atoms with E-state index in [9.17, 15) is 0 Å². The van der Waals surface area contributed by atoms with E-state index in [1.807, 2.05) is 12.1 Å². The Balaban J connectivity index is 0.00000240. The highest BCUT2D eigenvalue weighted by Crippen LogP contribution is 2.23. The summed E-state index contributed by atoms with van der Waals surface area (Å²) in [5.41, 5.74) is 9.48. The zero-order valence-corrected chi connectivity index (χ0v) is 16.2. The summed E-state index contributed by atoms with van der Waals surface area (Å²) < 4.78 is 0. The molecule has 0 nitrogen and oxygen atoms in total. The van der Waals surface area contributed by atoms with Crippen molar-refractivity contribution in [2.24, 2.45) is 0 Å². The quantitative estimate of drug-likeness (QED) is 0.316. The topological polar surface area (TPSA) is 0 Å². The molecule has 0 aromatic heterocycles. The Morgan fingerprint density at radius 3 is 1.17 bits per heavy atom. The van der Waals surface area contributed by atoms with Crippen LogP contribution in [0.4, 0.5) is 0 Å². The van der Waals surface area contributed by atoms with Gasteiger partial charge in [-0.25, -0.2) is 0 Å². The van der Waals surface area contributed by atoms with Crippen LogP contribution < -0.4 is 0 Å². The Morgan fingerprint density at radius 2 is 0.828 bits per heavy atom. The molecule has 0 saturated carbocycles. The lowest BCUT2D eigenvalue weighted by Crippen LogP contribution is -1.87. The Hall–Kier alpha value is -3.56. The van der Waals surface area contributed by atoms with Crippen molar-refractivity contribution >= 4 is 0 Å². The third-order valence-corrected chi connectivity index (χ3v) is 5.00. The minimum absolute atomic E-state index is 0. The van der Waals surface area contributed by atoms with E-state index in [2.05, 4.69) is 111 Å². The van der Waals surface area contributed by atoms with Crippen molar-refractivity contribution < 1.29 is 0 Å². The van der Waals surface area contributed by atoms with Gasteiger partial charge in [-0.15, -0.1) is 0 Å². The van der Waals surface area contributed by atoms with E-state index in [1.165, 1.54) is 33.4 Å². The van der Waals surface area contributed by atoms with Gasteiger partial charge in [-0.1, -0.05) is 104 Å². The first-order valence-corrected chi connectivity index (χ1v) is 9.55. The largest absolute Gasteiger partial charge is 0.0776 e. The van der Waals surface area contributed by atoms with E-state index in [0.29, 0.717) is 0 Å². The normalized spacial score (nSPS) is 9.86. The van der Waals surface area contributed by atoms with Crippen LogP contribution in [-0.4, -0.2) is 0 Å². The highest BCUT2D eigenvalue weighted by Gasteiger charge is 2.02. The Kier molecular flexibility index (Phi) is 6.32. The van der Waals surface area contributed by atoms with Gasteiger partial charge in [0.05, 0.1) is 0 Å². The number of rotatable bonds is 2. The Labute approximate surface area is 174 Å². The van der Waals surface area contributed by atoms with Crippen molar-refractivity contribution in [3.8, 4) is 34.1 Å². The molecule has 0 aliphatic heterocycles. The van der Waals surface area contributed by atoms with Crippen molar-refractivity contribution in [1.82, 2.24) is 0 Å². The molecule has 0 aliphatic carbocycles. The minimum atomic E-state index is 0. The molecule has 0 N–H and O–H groups in total. The van der Waals surface area contributed by atoms with Gasteiger partial charge in [0.25, 0.3) is 0 Å². The van der Waals surface area contributed by atoms with E-state index in [4.69, 9.17) is 0 Å². The Bertz CT molecular complexity index is 1060. The first-order chi connectivity index (χ1) is 13.7. The van der Waals surface area contributed by atoms with Crippen LogP contribution >= 0.6 is 0 Å². The lowest BCUT2D eigenvalue weighted by atomic mass is 9.98. The highest BCUT2D eigenvalue weighted by molar-refractivity contribution is 5.67. The fourth-order valence-corrected chi connectivity index (χ4v) is 3.36. The van der Waals surface area contributed by atoms with E-state index < -0.39 is 0 Å². The zero-order chi connectivity index (χ0) is 19.3. The highest BCUT2D eigenvalue weighted by atomic mass is 14.1.